The van der Waals surface area contributed by atoms with Crippen molar-refractivity contribution in [3.63, 3.8) is 0 Å². The van der Waals surface area contributed by atoms with E-state index in [1.807, 2.05) is 26.0 Å². The van der Waals surface area contributed by atoms with Crippen molar-refractivity contribution >= 4 is 16.7 Å². The molecule has 1 fully saturated rings. The maximum absolute atomic E-state index is 12.9. The first-order valence-corrected chi connectivity index (χ1v) is 12.0. The fourth-order valence-electron chi connectivity index (χ4n) is 4.99. The Bertz CT molecular complexity index is 1150. The van der Waals surface area contributed by atoms with E-state index in [4.69, 9.17) is 9.47 Å². The van der Waals surface area contributed by atoms with Crippen LogP contribution >= 0.6 is 0 Å². The number of carbonyl (C=O) groups excluding carboxylic acids is 1. The smallest absolute Gasteiger partial charge is 0.237 e. The molecule has 0 bridgehead atoms. The molecule has 0 spiro atoms. The number of amides is 1. The average molecular weight is 462 g/mol. The number of benzene rings is 3. The lowest BCUT2D eigenvalue weighted by molar-refractivity contribution is -0.125. The van der Waals surface area contributed by atoms with Crippen LogP contribution in [0.5, 0.6) is 11.5 Å². The summed E-state index contributed by atoms with van der Waals surface area (Å²) in [5.74, 6) is 1.77. The van der Waals surface area contributed by atoms with E-state index in [0.29, 0.717) is 13.1 Å². The summed E-state index contributed by atoms with van der Waals surface area (Å²) in [4.78, 5) is 15.2. The van der Waals surface area contributed by atoms with Crippen molar-refractivity contribution in [1.29, 1.82) is 0 Å². The van der Waals surface area contributed by atoms with Gasteiger partial charge < -0.3 is 20.1 Å². The number of hydrogen-bond donors (Lipinski definition) is 2. The molecule has 0 aromatic heterocycles. The fraction of sp³-hybridized carbons (Fsp3) is 0.393. The van der Waals surface area contributed by atoms with Crippen molar-refractivity contribution in [2.24, 2.45) is 0 Å². The fourth-order valence-corrected chi connectivity index (χ4v) is 4.99. The first-order chi connectivity index (χ1) is 16.5. The van der Waals surface area contributed by atoms with Crippen molar-refractivity contribution in [3.8, 4) is 11.5 Å². The molecule has 0 radical (unpaired) electrons. The van der Waals surface area contributed by atoms with Gasteiger partial charge in [0, 0.05) is 43.3 Å². The summed E-state index contributed by atoms with van der Waals surface area (Å²) in [6.07, 6.45) is 0.775. The number of carbonyl (C=O) groups is 1. The van der Waals surface area contributed by atoms with E-state index in [9.17, 15) is 4.79 Å². The van der Waals surface area contributed by atoms with Gasteiger partial charge >= 0.3 is 0 Å². The van der Waals surface area contributed by atoms with Crippen molar-refractivity contribution in [1.82, 2.24) is 15.5 Å². The molecule has 1 amide bonds. The summed E-state index contributed by atoms with van der Waals surface area (Å²) in [5.41, 5.74) is 3.30. The second-order valence-corrected chi connectivity index (χ2v) is 8.92. The summed E-state index contributed by atoms with van der Waals surface area (Å²) in [6, 6.07) is 19.0. The van der Waals surface area contributed by atoms with Crippen LogP contribution in [0.2, 0.25) is 0 Å². The lowest BCUT2D eigenvalue weighted by atomic mass is 10.1. The molecule has 6 heteroatoms. The number of rotatable bonds is 9. The third kappa shape index (κ3) is 5.18. The largest absolute Gasteiger partial charge is 0.496 e. The van der Waals surface area contributed by atoms with Crippen LogP contribution in [-0.2, 0) is 17.9 Å². The van der Waals surface area contributed by atoms with Gasteiger partial charge in [-0.15, -0.1) is 0 Å². The molecule has 0 saturated carbocycles. The minimum absolute atomic E-state index is 0.102. The molecule has 1 aliphatic rings. The highest BCUT2D eigenvalue weighted by molar-refractivity contribution is 5.83. The number of likely N-dealkylation sites (tertiary alicyclic amines) is 1. The van der Waals surface area contributed by atoms with Gasteiger partial charge in [0.05, 0.1) is 20.3 Å². The van der Waals surface area contributed by atoms with Gasteiger partial charge in [-0.1, -0.05) is 42.5 Å². The Labute approximate surface area is 202 Å². The van der Waals surface area contributed by atoms with Gasteiger partial charge in [-0.3, -0.25) is 9.69 Å². The highest BCUT2D eigenvalue weighted by Crippen LogP contribution is 2.31. The zero-order chi connectivity index (χ0) is 24.1. The van der Waals surface area contributed by atoms with Gasteiger partial charge in [-0.2, -0.15) is 0 Å². The molecular weight excluding hydrogens is 426 g/mol. The highest BCUT2D eigenvalue weighted by Gasteiger charge is 2.36. The summed E-state index contributed by atoms with van der Waals surface area (Å²) in [5, 5.41) is 9.15. The Morgan fingerprint density at radius 1 is 1.06 bits per heavy atom. The molecule has 1 aliphatic heterocycles. The third-order valence-electron chi connectivity index (χ3n) is 6.70. The van der Waals surface area contributed by atoms with Crippen molar-refractivity contribution in [3.05, 3.63) is 71.3 Å². The average Bonchev–Trinajstić information content (AvgIpc) is 3.25. The minimum Gasteiger partial charge on any atom is -0.496 e. The van der Waals surface area contributed by atoms with Gasteiger partial charge in [0.2, 0.25) is 5.91 Å². The van der Waals surface area contributed by atoms with Crippen molar-refractivity contribution in [2.75, 3.05) is 27.3 Å². The highest BCUT2D eigenvalue weighted by atomic mass is 16.5. The zero-order valence-corrected chi connectivity index (χ0v) is 20.6. The van der Waals surface area contributed by atoms with Crippen LogP contribution < -0.4 is 20.1 Å². The maximum Gasteiger partial charge on any atom is 0.237 e. The predicted octanol–water partition coefficient (Wildman–Crippen LogP) is 4.03. The zero-order valence-electron chi connectivity index (χ0n) is 20.6. The molecule has 2 atom stereocenters. The Morgan fingerprint density at radius 2 is 1.85 bits per heavy atom. The molecule has 1 saturated heterocycles. The quantitative estimate of drug-likeness (QED) is 0.504. The van der Waals surface area contributed by atoms with E-state index < -0.39 is 0 Å². The van der Waals surface area contributed by atoms with Crippen LogP contribution in [0.25, 0.3) is 10.8 Å². The normalized spacial score (nSPS) is 18.2. The molecule has 2 N–H and O–H groups in total. The predicted molar refractivity (Wildman–Crippen MR) is 136 cm³/mol. The van der Waals surface area contributed by atoms with Crippen LogP contribution in [0.3, 0.4) is 0 Å². The van der Waals surface area contributed by atoms with Crippen LogP contribution in [0.4, 0.5) is 0 Å². The van der Waals surface area contributed by atoms with Crippen LogP contribution in [0.15, 0.2) is 54.6 Å². The van der Waals surface area contributed by atoms with Crippen LogP contribution in [0, 0.1) is 6.92 Å². The number of ether oxygens (including phenoxy) is 2. The van der Waals surface area contributed by atoms with E-state index in [1.54, 1.807) is 14.2 Å². The van der Waals surface area contributed by atoms with E-state index in [-0.39, 0.29) is 18.0 Å². The number of likely N-dealkylation sites (N-methyl/N-ethyl adjacent to an activating group) is 1. The molecule has 3 aromatic carbocycles. The van der Waals surface area contributed by atoms with Gasteiger partial charge in [0.15, 0.2) is 0 Å². The summed E-state index contributed by atoms with van der Waals surface area (Å²) in [7, 11) is 3.36. The minimum atomic E-state index is -0.150. The Morgan fingerprint density at radius 3 is 2.59 bits per heavy atom. The lowest BCUT2D eigenvalue weighted by Gasteiger charge is -2.23. The van der Waals surface area contributed by atoms with Gasteiger partial charge in [-0.05, 0) is 48.7 Å². The topological polar surface area (TPSA) is 62.8 Å². The molecule has 1 heterocycles. The first-order valence-electron chi connectivity index (χ1n) is 12.0. The number of nitrogens with one attached hydrogen (secondary N) is 2. The Kier molecular flexibility index (Phi) is 7.70. The standard InChI is InChI=1S/C28H35N3O3/c1-5-29-28(32)25-15-24(30-16-23-12-13-26(33-3)19(2)27(23)34-4)18-31(25)17-20-10-11-21-8-6-7-9-22(21)14-20/h6-14,24-25,30H,5,15-18H2,1-4H3,(H,29,32)/t24-,25-/m0/s1. The van der Waals surface area contributed by atoms with E-state index in [0.717, 1.165) is 42.1 Å². The van der Waals surface area contributed by atoms with E-state index in [1.165, 1.54) is 16.3 Å². The Balaban J connectivity index is 1.48. The molecule has 0 aliphatic carbocycles. The van der Waals surface area contributed by atoms with Crippen LogP contribution in [0.1, 0.15) is 30.0 Å². The van der Waals surface area contributed by atoms with Gasteiger partial charge in [0.25, 0.3) is 0 Å². The van der Waals surface area contributed by atoms with Crippen molar-refractivity contribution in [2.45, 2.75) is 45.4 Å². The third-order valence-corrected chi connectivity index (χ3v) is 6.70. The SMILES string of the molecule is CCNC(=O)[C@@H]1C[C@H](NCc2ccc(OC)c(C)c2OC)CN1Cc1ccc2ccccc2c1. The molecule has 180 valence electrons. The monoisotopic (exact) mass is 461 g/mol. The van der Waals surface area contributed by atoms with E-state index >= 15 is 0 Å². The molecule has 3 aromatic rings. The second kappa shape index (κ2) is 10.9. The molecule has 4 rings (SSSR count). The van der Waals surface area contributed by atoms with Gasteiger partial charge in [0.1, 0.15) is 11.5 Å². The first kappa shape index (κ1) is 24.0. The summed E-state index contributed by atoms with van der Waals surface area (Å²) in [6.45, 7) is 6.84. The molecule has 6 nitrogen and oxygen atoms in total. The molecule has 34 heavy (non-hydrogen) atoms. The van der Waals surface area contributed by atoms with E-state index in [2.05, 4.69) is 58.0 Å². The summed E-state index contributed by atoms with van der Waals surface area (Å²) >= 11 is 0. The van der Waals surface area contributed by atoms with Gasteiger partial charge in [-0.25, -0.2) is 0 Å². The number of fused-ring (bicyclic) bond motifs is 1. The molecule has 0 unspecified atom stereocenters. The number of nitrogens with zero attached hydrogens (tertiary/aromatic N) is 1. The van der Waals surface area contributed by atoms with Crippen LogP contribution in [-0.4, -0.2) is 50.2 Å². The second-order valence-electron chi connectivity index (χ2n) is 8.92. The maximum atomic E-state index is 12.9. The molecular formula is C28H35N3O3. The number of hydrogen-bond acceptors (Lipinski definition) is 5. The number of methoxy groups -OCH3 is 2. The summed E-state index contributed by atoms with van der Waals surface area (Å²) < 4.78 is 11.1. The Hall–Kier alpha value is -3.09. The lowest BCUT2D eigenvalue weighted by Crippen LogP contribution is -2.42. The van der Waals surface area contributed by atoms with Crippen molar-refractivity contribution < 1.29 is 14.3 Å².